The molecule has 0 amide bonds. The lowest BCUT2D eigenvalue weighted by Crippen LogP contribution is -2.27. The molecule has 0 N–H and O–H groups in total. The van der Waals surface area contributed by atoms with Gasteiger partial charge >= 0.3 is 15.6 Å². The predicted octanol–water partition coefficient (Wildman–Crippen LogP) is 9.20. The molecule has 0 aliphatic carbocycles. The van der Waals surface area contributed by atoms with Crippen LogP contribution < -0.4 is 0 Å². The van der Waals surface area contributed by atoms with Crippen LogP contribution in [-0.4, -0.2) is 13.9 Å². The quantitative estimate of drug-likeness (QED) is 0.144. The van der Waals surface area contributed by atoms with E-state index in [0.29, 0.717) is 14.7 Å². The highest BCUT2D eigenvalue weighted by Gasteiger charge is 2.52. The normalized spacial score (nSPS) is 12.9. The molecule has 11 heteroatoms. The van der Waals surface area contributed by atoms with E-state index in [9.17, 15) is 21.6 Å². The number of halogens is 3. The van der Waals surface area contributed by atoms with Gasteiger partial charge in [0.2, 0.25) is 0 Å². The standard InChI is InChI=1S/C25H19F3O3S5/c26-25(27,28)36(29,30)31-35(22-12-6-2-7-13-22,23-14-8-3-9-15-23)24-18-16-21(17-19-24)33-34-32-20-10-4-1-5-11-20/h1-19H. The molecule has 4 aromatic rings. The second kappa shape index (κ2) is 11.6. The molecule has 3 nitrogen and oxygen atoms in total. The average molecular weight is 585 g/mol. The number of rotatable bonds is 9. The van der Waals surface area contributed by atoms with Gasteiger partial charge in [0.15, 0.2) is 0 Å². The molecule has 188 valence electrons. The van der Waals surface area contributed by atoms with Gasteiger partial charge in [-0.15, -0.1) is 0 Å². The van der Waals surface area contributed by atoms with Crippen molar-refractivity contribution >= 4 is 51.8 Å². The molecule has 0 fully saturated rings. The Morgan fingerprint density at radius 1 is 0.556 bits per heavy atom. The third-order valence-electron chi connectivity index (χ3n) is 4.78. The largest absolute Gasteiger partial charge is 0.524 e. The van der Waals surface area contributed by atoms with E-state index in [1.807, 2.05) is 30.3 Å². The van der Waals surface area contributed by atoms with Crippen LogP contribution in [0.5, 0.6) is 0 Å². The van der Waals surface area contributed by atoms with E-state index in [0.717, 1.165) is 9.79 Å². The molecule has 0 atom stereocenters. The molecule has 0 aliphatic heterocycles. The molecule has 4 aromatic carbocycles. The summed E-state index contributed by atoms with van der Waals surface area (Å²) in [6.07, 6.45) is 0. The van der Waals surface area contributed by atoms with Gasteiger partial charge in [0.1, 0.15) is 0 Å². The van der Waals surface area contributed by atoms with E-state index >= 15 is 0 Å². The highest BCUT2D eigenvalue weighted by Crippen LogP contribution is 2.70. The molecule has 4 rings (SSSR count). The number of hydrogen-bond donors (Lipinski definition) is 0. The van der Waals surface area contributed by atoms with Crippen molar-refractivity contribution in [3.8, 4) is 0 Å². The summed E-state index contributed by atoms with van der Waals surface area (Å²) in [5.41, 5.74) is -5.57. The van der Waals surface area contributed by atoms with Gasteiger partial charge < -0.3 is 0 Å². The Balaban J connectivity index is 1.75. The molecular weight excluding hydrogens is 566 g/mol. The van der Waals surface area contributed by atoms with Crippen molar-refractivity contribution in [1.29, 1.82) is 0 Å². The van der Waals surface area contributed by atoms with Gasteiger partial charge in [0.05, 0.1) is 0 Å². The van der Waals surface area contributed by atoms with Gasteiger partial charge in [-0.1, -0.05) is 54.6 Å². The van der Waals surface area contributed by atoms with Crippen LogP contribution in [0.25, 0.3) is 0 Å². The van der Waals surface area contributed by atoms with Crippen LogP contribution in [0.2, 0.25) is 0 Å². The fourth-order valence-electron chi connectivity index (χ4n) is 3.18. The third kappa shape index (κ3) is 6.09. The summed E-state index contributed by atoms with van der Waals surface area (Å²) in [6, 6.07) is 33.0. The van der Waals surface area contributed by atoms with Crippen molar-refractivity contribution in [2.24, 2.45) is 0 Å². The summed E-state index contributed by atoms with van der Waals surface area (Å²) in [5, 5.41) is 0. The molecule has 0 unspecified atom stereocenters. The zero-order chi connectivity index (χ0) is 25.7. The zero-order valence-corrected chi connectivity index (χ0v) is 22.5. The summed E-state index contributed by atoms with van der Waals surface area (Å²) >= 11 is 0. The maximum atomic E-state index is 13.5. The van der Waals surface area contributed by atoms with Crippen LogP contribution in [0, 0.1) is 0 Å². The molecule has 0 saturated carbocycles. The summed E-state index contributed by atoms with van der Waals surface area (Å²) in [5.74, 6) is 0. The van der Waals surface area contributed by atoms with E-state index in [4.69, 9.17) is 3.63 Å². The van der Waals surface area contributed by atoms with Gasteiger partial charge in [-0.05, 0) is 102 Å². The minimum atomic E-state index is -5.93. The van der Waals surface area contributed by atoms with Crippen molar-refractivity contribution in [2.75, 3.05) is 0 Å². The predicted molar refractivity (Wildman–Crippen MR) is 144 cm³/mol. The highest BCUT2D eigenvalue weighted by atomic mass is 33.5. The Hall–Kier alpha value is -2.02. The van der Waals surface area contributed by atoms with Gasteiger partial charge in [-0.25, -0.2) is 0 Å². The number of hydrogen-bond acceptors (Lipinski definition) is 6. The first kappa shape index (κ1) is 27.0. The lowest BCUT2D eigenvalue weighted by molar-refractivity contribution is -0.0496. The zero-order valence-electron chi connectivity index (χ0n) is 18.4. The topological polar surface area (TPSA) is 43.4 Å². The average Bonchev–Trinajstić information content (AvgIpc) is 2.89. The lowest BCUT2D eigenvalue weighted by Gasteiger charge is -2.39. The Kier molecular flexibility index (Phi) is 8.69. The van der Waals surface area contributed by atoms with Crippen LogP contribution >= 0.6 is 41.7 Å². The Labute approximate surface area is 221 Å². The Morgan fingerprint density at radius 2 is 0.944 bits per heavy atom. The maximum Gasteiger partial charge on any atom is 0.524 e. The fraction of sp³-hybridized carbons (Fsp3) is 0.0400. The van der Waals surface area contributed by atoms with Gasteiger partial charge in [0, 0.05) is 24.5 Å². The highest BCUT2D eigenvalue weighted by molar-refractivity contribution is 9.09. The molecule has 0 radical (unpaired) electrons. The molecular formula is C25H19F3O3S5. The summed E-state index contributed by atoms with van der Waals surface area (Å²) < 4.78 is 70.7. The minimum Gasteiger partial charge on any atom is -0.200 e. The van der Waals surface area contributed by atoms with E-state index in [-0.39, 0.29) is 0 Å². The molecule has 0 aliphatic rings. The van der Waals surface area contributed by atoms with Crippen molar-refractivity contribution in [1.82, 2.24) is 0 Å². The van der Waals surface area contributed by atoms with Crippen LogP contribution in [0.3, 0.4) is 0 Å². The smallest absolute Gasteiger partial charge is 0.200 e. The summed E-state index contributed by atoms with van der Waals surface area (Å²) in [7, 11) is -4.59. The van der Waals surface area contributed by atoms with Gasteiger partial charge in [0.25, 0.3) is 0 Å². The molecule has 0 saturated heterocycles. The van der Waals surface area contributed by atoms with Crippen molar-refractivity contribution in [3.63, 3.8) is 0 Å². The van der Waals surface area contributed by atoms with Crippen molar-refractivity contribution in [2.45, 2.75) is 30.0 Å². The molecule has 0 heterocycles. The SMILES string of the molecule is O=S(=O)(OS(c1ccccc1)(c1ccccc1)c1ccc(SSSc2ccccc2)cc1)C(F)(F)F. The first-order valence-corrected chi connectivity index (χ1v) is 16.8. The molecule has 0 spiro atoms. The fourth-order valence-corrected chi connectivity index (χ4v) is 11.6. The van der Waals surface area contributed by atoms with Gasteiger partial charge in [-0.2, -0.15) is 25.2 Å². The number of alkyl halides is 3. The first-order valence-electron chi connectivity index (χ1n) is 10.3. The minimum absolute atomic E-state index is 0.331. The lowest BCUT2D eigenvalue weighted by atomic mass is 10.4. The Morgan fingerprint density at radius 3 is 1.39 bits per heavy atom. The summed E-state index contributed by atoms with van der Waals surface area (Å²) in [4.78, 5) is 2.95. The third-order valence-corrected chi connectivity index (χ3v) is 13.5. The van der Waals surface area contributed by atoms with Crippen LogP contribution in [0.1, 0.15) is 0 Å². The van der Waals surface area contributed by atoms with Crippen LogP contribution in [0.4, 0.5) is 13.2 Å². The molecule has 0 aromatic heterocycles. The molecule has 0 bridgehead atoms. The van der Waals surface area contributed by atoms with Crippen LogP contribution in [0.15, 0.2) is 140 Å². The van der Waals surface area contributed by atoms with Crippen molar-refractivity contribution in [3.05, 3.63) is 115 Å². The first-order chi connectivity index (χ1) is 17.2. The van der Waals surface area contributed by atoms with E-state index in [1.165, 1.54) is 10.8 Å². The van der Waals surface area contributed by atoms with Crippen LogP contribution in [-0.2, 0) is 13.7 Å². The molecule has 36 heavy (non-hydrogen) atoms. The second-order valence-electron chi connectivity index (χ2n) is 7.17. The van der Waals surface area contributed by atoms with E-state index < -0.39 is 25.9 Å². The van der Waals surface area contributed by atoms with E-state index in [1.54, 1.807) is 106 Å². The van der Waals surface area contributed by atoms with E-state index in [2.05, 4.69) is 0 Å². The maximum absolute atomic E-state index is 13.5. The van der Waals surface area contributed by atoms with Gasteiger partial charge in [-0.3, -0.25) is 0 Å². The Bertz CT molecular complexity index is 1330. The second-order valence-corrected chi connectivity index (χ2v) is 15.7. The van der Waals surface area contributed by atoms with Crippen molar-refractivity contribution < 1.29 is 25.2 Å². The summed E-state index contributed by atoms with van der Waals surface area (Å²) in [6.45, 7) is 0. The number of benzene rings is 4. The monoisotopic (exact) mass is 584 g/mol.